The van der Waals surface area contributed by atoms with Crippen molar-refractivity contribution in [3.63, 3.8) is 0 Å². The molecule has 3 heterocycles. The fraction of sp³-hybridized carbons (Fsp3) is 0.262. The molecule has 6 aromatic rings. The van der Waals surface area contributed by atoms with Crippen molar-refractivity contribution >= 4 is 26.7 Å². The number of H-pyrrole nitrogens is 1. The van der Waals surface area contributed by atoms with Gasteiger partial charge < -0.3 is 24.5 Å². The minimum Gasteiger partial charge on any atom is -0.392 e. The van der Waals surface area contributed by atoms with Gasteiger partial charge in [0.1, 0.15) is 0 Å². The molecular formula is C42H42N4O6S. The summed E-state index contributed by atoms with van der Waals surface area (Å²) < 4.78 is 44.9. The Morgan fingerprint density at radius 3 is 2.17 bits per heavy atom. The summed E-state index contributed by atoms with van der Waals surface area (Å²) in [6, 6.07) is 41.4. The first-order valence-corrected chi connectivity index (χ1v) is 19.5. The van der Waals surface area contributed by atoms with Crippen LogP contribution in [0.15, 0.2) is 143 Å². The van der Waals surface area contributed by atoms with Crippen molar-refractivity contribution in [1.82, 2.24) is 14.5 Å². The molecule has 4 unspecified atom stereocenters. The smallest absolute Gasteiger partial charge is 0.326 e. The van der Waals surface area contributed by atoms with Gasteiger partial charge in [0.25, 0.3) is 10.0 Å². The number of hydrogen-bond donors (Lipinski definition) is 3. The van der Waals surface area contributed by atoms with E-state index in [1.807, 2.05) is 77.4 Å². The van der Waals surface area contributed by atoms with Crippen LogP contribution in [-0.2, 0) is 26.1 Å². The largest absolute Gasteiger partial charge is 0.392 e. The number of aliphatic hydroxyl groups excluding tert-OH is 1. The number of nitrogens with zero attached hydrogens (tertiary/aromatic N) is 2. The number of likely N-dealkylation sites (tertiary alicyclic amines) is 1. The highest BCUT2D eigenvalue weighted by atomic mass is 32.2. The number of aliphatic hydroxyl groups is 1. The maximum atomic E-state index is 13.2. The topological polar surface area (TPSA) is 126 Å². The van der Waals surface area contributed by atoms with Crippen LogP contribution in [0.1, 0.15) is 59.4 Å². The zero-order valence-corrected chi connectivity index (χ0v) is 29.9. The molecule has 0 bridgehead atoms. The van der Waals surface area contributed by atoms with Crippen LogP contribution in [0.4, 0.5) is 5.69 Å². The van der Waals surface area contributed by atoms with E-state index >= 15 is 0 Å². The Bertz CT molecular complexity index is 2320. The third kappa shape index (κ3) is 7.44. The fourth-order valence-corrected chi connectivity index (χ4v) is 8.85. The number of benzene rings is 5. The molecule has 2 aliphatic rings. The summed E-state index contributed by atoms with van der Waals surface area (Å²) in [5, 5.41) is 9.78. The number of fused-ring (bicyclic) bond motifs is 1. The number of hydrogen-bond acceptors (Lipinski definition) is 7. The average molecular weight is 731 g/mol. The van der Waals surface area contributed by atoms with Crippen molar-refractivity contribution in [2.75, 3.05) is 24.4 Å². The first kappa shape index (κ1) is 35.0. The quantitative estimate of drug-likeness (QED) is 0.140. The van der Waals surface area contributed by atoms with Gasteiger partial charge in [-0.3, -0.25) is 9.29 Å². The van der Waals surface area contributed by atoms with Crippen LogP contribution in [0.5, 0.6) is 0 Å². The second-order valence-electron chi connectivity index (χ2n) is 13.8. The SMILES string of the molecule is O=c1[nH]c2ccccc2n1C1CCN(CC2OC(c3cccc(NS(=O)(=O)c4ccccc4)c3)OC(c3ccc(CO)cc3)C2c2ccccc2)CC1. The Hall–Kier alpha value is -5.04. The number of aromatic nitrogens is 2. The predicted molar refractivity (Wildman–Crippen MR) is 204 cm³/mol. The number of ether oxygens (including phenoxy) is 2. The molecule has 5 aromatic carbocycles. The van der Waals surface area contributed by atoms with Gasteiger partial charge in [-0.1, -0.05) is 97.1 Å². The lowest BCUT2D eigenvalue weighted by atomic mass is 9.83. The van der Waals surface area contributed by atoms with Gasteiger partial charge in [-0.25, -0.2) is 13.2 Å². The summed E-state index contributed by atoms with van der Waals surface area (Å²) in [6.45, 7) is 2.14. The molecule has 3 N–H and O–H groups in total. The van der Waals surface area contributed by atoms with Crippen molar-refractivity contribution in [1.29, 1.82) is 0 Å². The van der Waals surface area contributed by atoms with Gasteiger partial charge in [0.2, 0.25) is 0 Å². The number of aromatic amines is 1. The maximum absolute atomic E-state index is 13.2. The molecule has 272 valence electrons. The molecule has 2 aliphatic heterocycles. The van der Waals surface area contributed by atoms with Crippen molar-refractivity contribution in [2.24, 2.45) is 0 Å². The molecule has 0 saturated carbocycles. The van der Waals surface area contributed by atoms with Crippen molar-refractivity contribution in [3.8, 4) is 0 Å². The van der Waals surface area contributed by atoms with Crippen LogP contribution in [0.25, 0.3) is 11.0 Å². The van der Waals surface area contributed by atoms with E-state index in [0.29, 0.717) is 17.8 Å². The molecule has 2 saturated heterocycles. The predicted octanol–water partition coefficient (Wildman–Crippen LogP) is 6.90. The molecule has 4 atom stereocenters. The van der Waals surface area contributed by atoms with Crippen LogP contribution in [0.3, 0.4) is 0 Å². The molecule has 2 fully saturated rings. The van der Waals surface area contributed by atoms with Gasteiger partial charge in [0, 0.05) is 42.8 Å². The molecule has 0 radical (unpaired) electrons. The molecule has 0 spiro atoms. The first-order chi connectivity index (χ1) is 25.9. The summed E-state index contributed by atoms with van der Waals surface area (Å²) >= 11 is 0. The van der Waals surface area contributed by atoms with Crippen LogP contribution in [0.2, 0.25) is 0 Å². The average Bonchev–Trinajstić information content (AvgIpc) is 3.54. The zero-order valence-electron chi connectivity index (χ0n) is 29.1. The normalized spacial score (nSPS) is 21.5. The molecule has 0 aliphatic carbocycles. The van der Waals surface area contributed by atoms with E-state index in [0.717, 1.165) is 53.7 Å². The molecule has 8 rings (SSSR count). The Labute approximate surface area is 308 Å². The summed E-state index contributed by atoms with van der Waals surface area (Å²) in [4.78, 5) is 18.6. The van der Waals surface area contributed by atoms with Gasteiger partial charge >= 0.3 is 5.69 Å². The highest BCUT2D eigenvalue weighted by molar-refractivity contribution is 7.92. The van der Waals surface area contributed by atoms with E-state index in [1.54, 1.807) is 48.5 Å². The van der Waals surface area contributed by atoms with E-state index in [1.165, 1.54) is 0 Å². The van der Waals surface area contributed by atoms with Gasteiger partial charge in [-0.15, -0.1) is 0 Å². The second kappa shape index (κ2) is 15.1. The second-order valence-corrected chi connectivity index (χ2v) is 15.5. The number of nitrogens with one attached hydrogen (secondary N) is 2. The number of para-hydroxylation sites is 2. The van der Waals surface area contributed by atoms with Crippen molar-refractivity contribution in [3.05, 3.63) is 166 Å². The van der Waals surface area contributed by atoms with Gasteiger partial charge in [0.05, 0.1) is 34.7 Å². The van der Waals surface area contributed by atoms with E-state index in [2.05, 4.69) is 26.7 Å². The molecule has 53 heavy (non-hydrogen) atoms. The van der Waals surface area contributed by atoms with E-state index in [-0.39, 0.29) is 35.3 Å². The van der Waals surface area contributed by atoms with E-state index in [4.69, 9.17) is 9.47 Å². The van der Waals surface area contributed by atoms with Crippen LogP contribution < -0.4 is 10.4 Å². The minimum atomic E-state index is -3.81. The lowest BCUT2D eigenvalue weighted by Crippen LogP contribution is -2.47. The Morgan fingerprint density at radius 1 is 0.755 bits per heavy atom. The lowest BCUT2D eigenvalue weighted by Gasteiger charge is -2.45. The van der Waals surface area contributed by atoms with Crippen molar-refractivity contribution in [2.45, 2.75) is 54.8 Å². The molecular weight excluding hydrogens is 689 g/mol. The van der Waals surface area contributed by atoms with Crippen LogP contribution in [0, 0.1) is 0 Å². The number of imidazole rings is 1. The molecule has 11 heteroatoms. The van der Waals surface area contributed by atoms with E-state index in [9.17, 15) is 18.3 Å². The first-order valence-electron chi connectivity index (χ1n) is 18.0. The summed E-state index contributed by atoms with van der Waals surface area (Å²) in [5.74, 6) is -0.179. The molecule has 10 nitrogen and oxygen atoms in total. The highest BCUT2D eigenvalue weighted by Gasteiger charge is 2.43. The highest BCUT2D eigenvalue weighted by Crippen LogP contribution is 2.47. The fourth-order valence-electron chi connectivity index (χ4n) is 7.78. The molecule has 1 aromatic heterocycles. The maximum Gasteiger partial charge on any atom is 0.326 e. The van der Waals surface area contributed by atoms with Gasteiger partial charge in [-0.2, -0.15) is 0 Å². The number of sulfonamides is 1. The number of anilines is 1. The van der Waals surface area contributed by atoms with Crippen LogP contribution >= 0.6 is 0 Å². The Kier molecular flexibility index (Phi) is 10.00. The standard InChI is InChI=1S/C42H42N4O6S/c47-28-29-18-20-31(21-19-29)40-39(30-10-3-1-4-11-30)38(27-45-24-22-34(23-25-45)46-37-17-8-7-16-36(37)43-42(46)48)51-41(52-40)32-12-9-13-33(26-32)44-53(49,50)35-14-5-2-6-15-35/h1-21,26,34,38-41,44,47H,22-25,27-28H2,(H,43,48). The van der Waals surface area contributed by atoms with Gasteiger partial charge in [-0.05, 0) is 65.9 Å². The summed E-state index contributed by atoms with van der Waals surface area (Å²) in [6.07, 6.45) is 0.114. The molecule has 0 amide bonds. The van der Waals surface area contributed by atoms with Crippen molar-refractivity contribution < 1.29 is 23.0 Å². The van der Waals surface area contributed by atoms with Gasteiger partial charge in [0.15, 0.2) is 6.29 Å². The zero-order chi connectivity index (χ0) is 36.4. The minimum absolute atomic E-state index is 0.0609. The third-order valence-electron chi connectivity index (χ3n) is 10.4. The summed E-state index contributed by atoms with van der Waals surface area (Å²) in [5.41, 5.74) is 5.63. The summed E-state index contributed by atoms with van der Waals surface area (Å²) in [7, 11) is -3.81. The van der Waals surface area contributed by atoms with E-state index < -0.39 is 22.4 Å². The monoisotopic (exact) mass is 730 g/mol. The number of piperidine rings is 1. The Morgan fingerprint density at radius 2 is 1.43 bits per heavy atom. The lowest BCUT2D eigenvalue weighted by molar-refractivity contribution is -0.264. The number of rotatable bonds is 10. The Balaban J connectivity index is 1.10. The van der Waals surface area contributed by atoms with Crippen LogP contribution in [-0.4, -0.2) is 53.7 Å². The third-order valence-corrected chi connectivity index (χ3v) is 11.8.